The van der Waals surface area contributed by atoms with Crippen LogP contribution in [-0.4, -0.2) is 35.9 Å². The predicted molar refractivity (Wildman–Crippen MR) is 93.1 cm³/mol. The number of nitrogens with zero attached hydrogens (tertiary/aromatic N) is 2. The second kappa shape index (κ2) is 9.65. The maximum Gasteiger partial charge on any atom is 0.413 e. The molecule has 0 aromatic carbocycles. The molecule has 2 aromatic rings. The quantitative estimate of drug-likeness (QED) is 0.643. The number of carbonyl (C=O) groups is 1. The lowest BCUT2D eigenvalue weighted by Crippen LogP contribution is -2.16. The zero-order valence-corrected chi connectivity index (χ0v) is 14.5. The molecule has 0 radical (unpaired) electrons. The number of amides is 1. The number of thiazole rings is 1. The Morgan fingerprint density at radius 3 is 2.79 bits per heavy atom. The molecule has 0 atom stereocenters. The molecule has 126 valence electrons. The van der Waals surface area contributed by atoms with Crippen LogP contribution >= 0.6 is 11.3 Å². The lowest BCUT2D eigenvalue weighted by Gasteiger charge is -2.05. The summed E-state index contributed by atoms with van der Waals surface area (Å²) in [4.78, 5) is 20.7. The highest BCUT2D eigenvalue weighted by Crippen LogP contribution is 2.21. The summed E-state index contributed by atoms with van der Waals surface area (Å²) in [7, 11) is 0. The lowest BCUT2D eigenvalue weighted by atomic mass is 10.2. The Balaban J connectivity index is 1.87. The van der Waals surface area contributed by atoms with E-state index in [1.54, 1.807) is 12.4 Å². The highest BCUT2D eigenvalue weighted by Gasteiger charge is 2.09. The Morgan fingerprint density at radius 1 is 1.25 bits per heavy atom. The normalized spacial score (nSPS) is 9.92. The van der Waals surface area contributed by atoms with E-state index in [2.05, 4.69) is 27.1 Å². The first-order valence-corrected chi connectivity index (χ1v) is 8.41. The van der Waals surface area contributed by atoms with Crippen LogP contribution in [0.4, 0.5) is 9.93 Å². The molecule has 1 N–H and O–H groups in total. The first-order valence-electron chi connectivity index (χ1n) is 7.60. The second-order valence-electron chi connectivity index (χ2n) is 4.79. The van der Waals surface area contributed by atoms with Gasteiger partial charge in [-0.25, -0.2) is 9.78 Å². The fraction of sp³-hybridized carbons (Fsp3) is 0.353. The molecule has 0 bridgehead atoms. The highest BCUT2D eigenvalue weighted by molar-refractivity contribution is 7.16. The van der Waals surface area contributed by atoms with Gasteiger partial charge in [0.15, 0.2) is 5.13 Å². The van der Waals surface area contributed by atoms with Gasteiger partial charge in [-0.15, -0.1) is 0 Å². The van der Waals surface area contributed by atoms with E-state index in [4.69, 9.17) is 9.47 Å². The Labute approximate surface area is 145 Å². The van der Waals surface area contributed by atoms with Crippen LogP contribution < -0.4 is 5.32 Å². The average Bonchev–Trinajstić information content (AvgIpc) is 2.93. The van der Waals surface area contributed by atoms with E-state index in [0.717, 1.165) is 22.6 Å². The van der Waals surface area contributed by atoms with Gasteiger partial charge in [0.2, 0.25) is 0 Å². The summed E-state index contributed by atoms with van der Waals surface area (Å²) in [6.07, 6.45) is 3.78. The molecule has 2 rings (SSSR count). The van der Waals surface area contributed by atoms with Crippen LogP contribution in [0, 0.1) is 18.8 Å². The minimum atomic E-state index is -0.544. The van der Waals surface area contributed by atoms with Crippen LogP contribution in [0.15, 0.2) is 24.5 Å². The average molecular weight is 345 g/mol. The van der Waals surface area contributed by atoms with E-state index in [-0.39, 0.29) is 6.61 Å². The van der Waals surface area contributed by atoms with Crippen molar-refractivity contribution in [2.24, 2.45) is 0 Å². The highest BCUT2D eigenvalue weighted by atomic mass is 32.1. The molecule has 0 saturated heterocycles. The summed E-state index contributed by atoms with van der Waals surface area (Å²) in [5, 5.41) is 3.07. The largest absolute Gasteiger partial charge is 0.447 e. The fourth-order valence-corrected chi connectivity index (χ4v) is 2.50. The van der Waals surface area contributed by atoms with Crippen molar-refractivity contribution < 1.29 is 14.3 Å². The van der Waals surface area contributed by atoms with E-state index in [9.17, 15) is 4.79 Å². The third-order valence-corrected chi connectivity index (χ3v) is 3.80. The van der Waals surface area contributed by atoms with Crippen LogP contribution in [0.3, 0.4) is 0 Å². The van der Waals surface area contributed by atoms with Gasteiger partial charge in [0.1, 0.15) is 11.5 Å². The molecular weight excluding hydrogens is 326 g/mol. The van der Waals surface area contributed by atoms with Gasteiger partial charge < -0.3 is 9.47 Å². The van der Waals surface area contributed by atoms with Crippen molar-refractivity contribution in [1.82, 2.24) is 9.97 Å². The topological polar surface area (TPSA) is 73.3 Å². The molecule has 6 nitrogen and oxygen atoms in total. The van der Waals surface area contributed by atoms with Gasteiger partial charge in [-0.3, -0.25) is 10.3 Å². The smallest absolute Gasteiger partial charge is 0.413 e. The zero-order valence-electron chi connectivity index (χ0n) is 13.7. The van der Waals surface area contributed by atoms with E-state index >= 15 is 0 Å². The molecule has 0 fully saturated rings. The van der Waals surface area contributed by atoms with Crippen molar-refractivity contribution >= 4 is 22.6 Å². The Morgan fingerprint density at radius 2 is 2.04 bits per heavy atom. The van der Waals surface area contributed by atoms with Crippen molar-refractivity contribution in [2.45, 2.75) is 20.3 Å². The van der Waals surface area contributed by atoms with Crippen LogP contribution in [0.25, 0.3) is 0 Å². The van der Waals surface area contributed by atoms with Gasteiger partial charge in [0.25, 0.3) is 0 Å². The molecular formula is C17H19N3O3S. The summed E-state index contributed by atoms with van der Waals surface area (Å²) in [5.41, 5.74) is 1.64. The zero-order chi connectivity index (χ0) is 17.2. The van der Waals surface area contributed by atoms with Crippen molar-refractivity contribution in [3.05, 3.63) is 40.7 Å². The molecule has 7 heteroatoms. The maximum absolute atomic E-state index is 11.7. The Kier molecular flexibility index (Phi) is 7.21. The number of ether oxygens (including phenoxy) is 2. The first-order chi connectivity index (χ1) is 11.7. The summed E-state index contributed by atoms with van der Waals surface area (Å²) < 4.78 is 10.3. The van der Waals surface area contributed by atoms with Crippen LogP contribution in [-0.2, 0) is 9.47 Å². The molecule has 0 saturated carbocycles. The number of rotatable bonds is 6. The van der Waals surface area contributed by atoms with Gasteiger partial charge in [-0.05, 0) is 31.4 Å². The Hall–Kier alpha value is -2.43. The number of hydrogen-bond donors (Lipinski definition) is 1. The van der Waals surface area contributed by atoms with Crippen LogP contribution in [0.5, 0.6) is 0 Å². The van der Waals surface area contributed by atoms with Gasteiger partial charge >= 0.3 is 6.09 Å². The summed E-state index contributed by atoms with van der Waals surface area (Å²) in [6, 6.07) is 3.67. The van der Waals surface area contributed by atoms with E-state index < -0.39 is 6.09 Å². The minimum Gasteiger partial charge on any atom is -0.447 e. The van der Waals surface area contributed by atoms with Gasteiger partial charge in [0, 0.05) is 24.6 Å². The van der Waals surface area contributed by atoms with E-state index in [0.29, 0.717) is 18.3 Å². The van der Waals surface area contributed by atoms with Crippen LogP contribution in [0.2, 0.25) is 0 Å². The van der Waals surface area contributed by atoms with Crippen LogP contribution in [0.1, 0.15) is 29.5 Å². The van der Waals surface area contributed by atoms with Gasteiger partial charge in [0.05, 0.1) is 12.3 Å². The summed E-state index contributed by atoms with van der Waals surface area (Å²) >= 11 is 1.31. The molecule has 0 aliphatic carbocycles. The summed E-state index contributed by atoms with van der Waals surface area (Å²) in [5.74, 6) is 6.10. The van der Waals surface area contributed by atoms with E-state index in [1.807, 2.05) is 26.0 Å². The number of aryl methyl sites for hydroxylation is 1. The van der Waals surface area contributed by atoms with Gasteiger partial charge in [-0.1, -0.05) is 24.2 Å². The van der Waals surface area contributed by atoms with Crippen molar-refractivity contribution in [1.29, 1.82) is 0 Å². The number of nitrogens with one attached hydrogen (secondary N) is 1. The fourth-order valence-electron chi connectivity index (χ4n) is 1.69. The maximum atomic E-state index is 11.7. The molecule has 2 aromatic heterocycles. The molecule has 1 amide bonds. The number of anilines is 1. The number of carbonyl (C=O) groups excluding carboxylic acids is 1. The van der Waals surface area contributed by atoms with E-state index in [1.165, 1.54) is 11.3 Å². The summed E-state index contributed by atoms with van der Waals surface area (Å²) in [6.45, 7) is 5.14. The van der Waals surface area contributed by atoms with Gasteiger partial charge in [-0.2, -0.15) is 0 Å². The third kappa shape index (κ3) is 5.99. The monoisotopic (exact) mass is 345 g/mol. The lowest BCUT2D eigenvalue weighted by molar-refractivity contribution is 0.0786. The predicted octanol–water partition coefficient (Wildman–Crippen LogP) is 3.22. The number of pyridine rings is 1. The number of hydrogen-bond acceptors (Lipinski definition) is 6. The van der Waals surface area contributed by atoms with Crippen molar-refractivity contribution in [3.8, 4) is 11.8 Å². The molecule has 0 aliphatic rings. The molecule has 0 spiro atoms. The number of aromatic nitrogens is 2. The SMILES string of the molecule is CCCOCCOC(=O)Nc1nc(C)c(C#Cc2ccncc2)s1. The first kappa shape index (κ1) is 17.9. The molecule has 0 unspecified atom stereocenters. The Bertz CT molecular complexity index is 720. The second-order valence-corrected chi connectivity index (χ2v) is 5.79. The third-order valence-electron chi connectivity index (χ3n) is 2.82. The minimum absolute atomic E-state index is 0.213. The molecule has 0 aliphatic heterocycles. The standard InChI is InChI=1S/C17H19N3O3S/c1-3-10-22-11-12-23-17(21)20-16-19-13(2)15(24-16)5-4-14-6-8-18-9-7-14/h6-9H,3,10-12H2,1-2H3,(H,19,20,21). The van der Waals surface area contributed by atoms with Crippen molar-refractivity contribution in [3.63, 3.8) is 0 Å². The van der Waals surface area contributed by atoms with Crippen molar-refractivity contribution in [2.75, 3.05) is 25.1 Å². The molecule has 2 heterocycles. The molecule has 24 heavy (non-hydrogen) atoms.